The van der Waals surface area contributed by atoms with Gasteiger partial charge >= 0.3 is 5.97 Å². The average Bonchev–Trinajstić information content (AvgIpc) is 2.16. The summed E-state index contributed by atoms with van der Waals surface area (Å²) in [4.78, 5) is 14.5. The largest absolute Gasteiger partial charge is 0.466 e. The fourth-order valence-electron chi connectivity index (χ4n) is 0.707. The van der Waals surface area contributed by atoms with Gasteiger partial charge in [0.15, 0.2) is 0 Å². The maximum atomic E-state index is 10.7. The van der Waals surface area contributed by atoms with Crippen LogP contribution in [0, 0.1) is 0 Å². The standard InChI is InChI=1S/C9H9NO2/c1-12-9(11)3-2-8-4-6-10-7-5-8/h2-7H,1H3/b3-2-. The van der Waals surface area contributed by atoms with E-state index in [2.05, 4.69) is 9.72 Å². The van der Waals surface area contributed by atoms with Crippen molar-refractivity contribution in [3.63, 3.8) is 0 Å². The number of ether oxygens (including phenoxy) is 1. The molecule has 0 amide bonds. The molecule has 1 heterocycles. The van der Waals surface area contributed by atoms with Gasteiger partial charge in [0.25, 0.3) is 0 Å². The molecule has 0 N–H and O–H groups in total. The molecule has 0 aliphatic rings. The summed E-state index contributed by atoms with van der Waals surface area (Å²) in [5.74, 6) is -0.355. The second-order valence-electron chi connectivity index (χ2n) is 2.14. The van der Waals surface area contributed by atoms with E-state index in [1.165, 1.54) is 13.2 Å². The van der Waals surface area contributed by atoms with E-state index >= 15 is 0 Å². The van der Waals surface area contributed by atoms with Crippen LogP contribution in [0.2, 0.25) is 0 Å². The zero-order valence-electron chi connectivity index (χ0n) is 6.73. The minimum atomic E-state index is -0.355. The van der Waals surface area contributed by atoms with Crippen molar-refractivity contribution in [3.05, 3.63) is 36.2 Å². The summed E-state index contributed by atoms with van der Waals surface area (Å²) in [5, 5.41) is 0. The minimum Gasteiger partial charge on any atom is -0.466 e. The summed E-state index contributed by atoms with van der Waals surface area (Å²) >= 11 is 0. The van der Waals surface area contributed by atoms with Gasteiger partial charge in [-0.05, 0) is 23.8 Å². The van der Waals surface area contributed by atoms with E-state index in [1.54, 1.807) is 30.6 Å². The van der Waals surface area contributed by atoms with E-state index in [9.17, 15) is 4.79 Å². The predicted molar refractivity (Wildman–Crippen MR) is 45.3 cm³/mol. The zero-order valence-corrected chi connectivity index (χ0v) is 6.73. The average molecular weight is 163 g/mol. The van der Waals surface area contributed by atoms with Gasteiger partial charge in [0.2, 0.25) is 0 Å². The van der Waals surface area contributed by atoms with Gasteiger partial charge in [-0.2, -0.15) is 0 Å². The minimum absolute atomic E-state index is 0.355. The number of rotatable bonds is 2. The summed E-state index contributed by atoms with van der Waals surface area (Å²) in [6, 6.07) is 3.61. The Bertz CT molecular complexity index is 280. The van der Waals surface area contributed by atoms with Crippen LogP contribution in [0.25, 0.3) is 6.08 Å². The number of methoxy groups -OCH3 is 1. The Morgan fingerprint density at radius 3 is 2.75 bits per heavy atom. The van der Waals surface area contributed by atoms with Crippen molar-refractivity contribution in [2.24, 2.45) is 0 Å². The van der Waals surface area contributed by atoms with Gasteiger partial charge in [-0.3, -0.25) is 4.98 Å². The molecular formula is C9H9NO2. The highest BCUT2D eigenvalue weighted by Crippen LogP contribution is 1.98. The Balaban J connectivity index is 2.64. The molecule has 1 aromatic rings. The highest BCUT2D eigenvalue weighted by Gasteiger charge is 1.90. The Morgan fingerprint density at radius 1 is 1.50 bits per heavy atom. The summed E-state index contributed by atoms with van der Waals surface area (Å²) in [5.41, 5.74) is 0.926. The molecule has 0 atom stereocenters. The predicted octanol–water partition coefficient (Wildman–Crippen LogP) is 1.27. The van der Waals surface area contributed by atoms with Crippen molar-refractivity contribution in [1.82, 2.24) is 4.98 Å². The van der Waals surface area contributed by atoms with Crippen molar-refractivity contribution in [1.29, 1.82) is 0 Å². The topological polar surface area (TPSA) is 39.2 Å². The molecule has 1 aromatic heterocycles. The normalized spacial score (nSPS) is 10.1. The van der Waals surface area contributed by atoms with E-state index < -0.39 is 0 Å². The van der Waals surface area contributed by atoms with E-state index in [1.807, 2.05) is 0 Å². The first-order chi connectivity index (χ1) is 5.83. The van der Waals surface area contributed by atoms with Crippen LogP contribution >= 0.6 is 0 Å². The molecule has 12 heavy (non-hydrogen) atoms. The molecule has 0 bridgehead atoms. The third-order valence-electron chi connectivity index (χ3n) is 1.32. The highest BCUT2D eigenvalue weighted by molar-refractivity contribution is 5.86. The van der Waals surface area contributed by atoms with Crippen molar-refractivity contribution < 1.29 is 9.53 Å². The van der Waals surface area contributed by atoms with Crippen LogP contribution in [0.5, 0.6) is 0 Å². The number of pyridine rings is 1. The third kappa shape index (κ3) is 2.54. The number of hydrogen-bond donors (Lipinski definition) is 0. The fourth-order valence-corrected chi connectivity index (χ4v) is 0.707. The quantitative estimate of drug-likeness (QED) is 0.486. The summed E-state index contributed by atoms with van der Waals surface area (Å²) < 4.78 is 4.43. The second-order valence-corrected chi connectivity index (χ2v) is 2.14. The Kier molecular flexibility index (Phi) is 3.02. The lowest BCUT2D eigenvalue weighted by atomic mass is 10.2. The molecule has 0 fully saturated rings. The van der Waals surface area contributed by atoms with Crippen LogP contribution in [0.3, 0.4) is 0 Å². The lowest BCUT2D eigenvalue weighted by molar-refractivity contribution is -0.134. The van der Waals surface area contributed by atoms with Gasteiger partial charge < -0.3 is 4.74 Å². The molecule has 0 saturated heterocycles. The molecule has 3 nitrogen and oxygen atoms in total. The van der Waals surface area contributed by atoms with Crippen LogP contribution in [0.4, 0.5) is 0 Å². The van der Waals surface area contributed by atoms with Crippen LogP contribution in [0.1, 0.15) is 5.56 Å². The number of nitrogens with zero attached hydrogens (tertiary/aromatic N) is 1. The van der Waals surface area contributed by atoms with E-state index in [-0.39, 0.29) is 5.97 Å². The summed E-state index contributed by atoms with van der Waals surface area (Å²) in [6.07, 6.45) is 6.37. The van der Waals surface area contributed by atoms with Crippen LogP contribution < -0.4 is 0 Å². The van der Waals surface area contributed by atoms with Crippen molar-refractivity contribution in [3.8, 4) is 0 Å². The number of esters is 1. The Labute approximate surface area is 70.7 Å². The first kappa shape index (κ1) is 8.46. The highest BCUT2D eigenvalue weighted by atomic mass is 16.5. The maximum absolute atomic E-state index is 10.7. The molecule has 0 saturated carbocycles. The molecule has 0 spiro atoms. The molecular weight excluding hydrogens is 154 g/mol. The van der Waals surface area contributed by atoms with Gasteiger partial charge in [-0.25, -0.2) is 4.79 Å². The summed E-state index contributed by atoms with van der Waals surface area (Å²) in [6.45, 7) is 0. The zero-order chi connectivity index (χ0) is 8.81. The molecule has 3 heteroatoms. The number of carbonyl (C=O) groups excluding carboxylic acids is 1. The molecule has 62 valence electrons. The first-order valence-corrected chi connectivity index (χ1v) is 3.49. The molecule has 0 aliphatic carbocycles. The number of carbonyl (C=O) groups is 1. The molecule has 0 aromatic carbocycles. The molecule has 0 aliphatic heterocycles. The molecule has 0 radical (unpaired) electrons. The van der Waals surface area contributed by atoms with Gasteiger partial charge in [0, 0.05) is 18.5 Å². The van der Waals surface area contributed by atoms with Gasteiger partial charge in [0.05, 0.1) is 7.11 Å². The van der Waals surface area contributed by atoms with E-state index in [0.717, 1.165) is 5.56 Å². The van der Waals surface area contributed by atoms with Gasteiger partial charge in [-0.1, -0.05) is 0 Å². The third-order valence-corrected chi connectivity index (χ3v) is 1.32. The fraction of sp³-hybridized carbons (Fsp3) is 0.111. The van der Waals surface area contributed by atoms with E-state index in [0.29, 0.717) is 0 Å². The first-order valence-electron chi connectivity index (χ1n) is 3.49. The maximum Gasteiger partial charge on any atom is 0.330 e. The lowest BCUT2D eigenvalue weighted by Gasteiger charge is -1.90. The van der Waals surface area contributed by atoms with E-state index in [4.69, 9.17) is 0 Å². The second kappa shape index (κ2) is 4.28. The van der Waals surface area contributed by atoms with Gasteiger partial charge in [0.1, 0.15) is 0 Å². The summed E-state index contributed by atoms with van der Waals surface area (Å²) in [7, 11) is 1.35. The Hall–Kier alpha value is -1.64. The van der Waals surface area contributed by atoms with Gasteiger partial charge in [-0.15, -0.1) is 0 Å². The van der Waals surface area contributed by atoms with Crippen LogP contribution in [-0.4, -0.2) is 18.1 Å². The van der Waals surface area contributed by atoms with Crippen molar-refractivity contribution in [2.45, 2.75) is 0 Å². The SMILES string of the molecule is COC(=O)/C=C\c1ccncc1. The molecule has 1 rings (SSSR count). The van der Waals surface area contributed by atoms with Crippen molar-refractivity contribution >= 4 is 12.0 Å². The van der Waals surface area contributed by atoms with Crippen LogP contribution in [0.15, 0.2) is 30.6 Å². The Morgan fingerprint density at radius 2 is 2.17 bits per heavy atom. The number of aromatic nitrogens is 1. The molecule has 0 unspecified atom stereocenters. The number of hydrogen-bond acceptors (Lipinski definition) is 3. The monoisotopic (exact) mass is 163 g/mol. The smallest absolute Gasteiger partial charge is 0.330 e. The van der Waals surface area contributed by atoms with Crippen molar-refractivity contribution in [2.75, 3.05) is 7.11 Å². The lowest BCUT2D eigenvalue weighted by Crippen LogP contribution is -1.93. The van der Waals surface area contributed by atoms with Crippen LogP contribution in [-0.2, 0) is 9.53 Å².